The zero-order valence-electron chi connectivity index (χ0n) is 30.7. The maximum atomic E-state index is 13.8. The van der Waals surface area contributed by atoms with Gasteiger partial charge in [0.1, 0.15) is 36.3 Å². The van der Waals surface area contributed by atoms with Crippen LogP contribution in [0.4, 0.5) is 0 Å². The normalized spacial score (nSPS) is 14.4. The molecule has 0 bridgehead atoms. The van der Waals surface area contributed by atoms with Gasteiger partial charge in [-0.15, -0.1) is 0 Å². The fraction of sp³-hybridized carbons (Fsp3) is 0.588. The number of nitrogens with one attached hydrogen (secondary N) is 5. The molecular weight excluding hydrogens is 692 g/mol. The lowest BCUT2D eigenvalue weighted by molar-refractivity contribution is -0.140. The molecule has 1 rings (SSSR count). The molecule has 0 aliphatic rings. The van der Waals surface area contributed by atoms with Crippen molar-refractivity contribution in [2.24, 2.45) is 39.8 Å². The van der Waals surface area contributed by atoms with Gasteiger partial charge < -0.3 is 59.7 Å². The number of carboxylic acids is 1. The van der Waals surface area contributed by atoms with Crippen molar-refractivity contribution in [1.82, 2.24) is 26.6 Å². The number of carbonyl (C=O) groups excluding carboxylic acids is 6. The van der Waals surface area contributed by atoms with Gasteiger partial charge in [0.15, 0.2) is 5.96 Å². The number of hydrogen-bond donors (Lipinski definition) is 11. The molecule has 0 aromatic heterocycles. The number of amides is 6. The van der Waals surface area contributed by atoms with Crippen LogP contribution in [0.15, 0.2) is 35.3 Å². The molecule has 6 atom stereocenters. The fourth-order valence-corrected chi connectivity index (χ4v) is 5.09. The third-order valence-electron chi connectivity index (χ3n) is 7.75. The lowest BCUT2D eigenvalue weighted by atomic mass is 9.98. The van der Waals surface area contributed by atoms with Gasteiger partial charge in [0.05, 0.1) is 13.0 Å². The summed E-state index contributed by atoms with van der Waals surface area (Å²) in [6.45, 7) is 6.67. The van der Waals surface area contributed by atoms with Crippen LogP contribution in [-0.4, -0.2) is 107 Å². The van der Waals surface area contributed by atoms with Crippen LogP contribution in [0.25, 0.3) is 0 Å². The number of carboxylic acid groups (broad SMARTS) is 1. The smallest absolute Gasteiger partial charge is 0.305 e. The number of rotatable bonds is 24. The van der Waals surface area contributed by atoms with Gasteiger partial charge in [-0.3, -0.25) is 38.6 Å². The first-order valence-corrected chi connectivity index (χ1v) is 17.3. The number of aliphatic hydroxyl groups is 1. The van der Waals surface area contributed by atoms with E-state index in [4.69, 9.17) is 28.0 Å². The van der Waals surface area contributed by atoms with Crippen LogP contribution >= 0.6 is 0 Å². The maximum absolute atomic E-state index is 13.8. The number of aliphatic hydroxyl groups excluding tert-OH is 1. The molecule has 0 spiro atoms. The number of primary amides is 1. The number of aliphatic imine (C=N–C) groups is 1. The predicted molar refractivity (Wildman–Crippen MR) is 195 cm³/mol. The first kappa shape index (κ1) is 45.7. The van der Waals surface area contributed by atoms with Crippen LogP contribution in [0.3, 0.4) is 0 Å². The van der Waals surface area contributed by atoms with Gasteiger partial charge in [0, 0.05) is 13.0 Å². The third-order valence-corrected chi connectivity index (χ3v) is 7.75. The molecule has 1 aromatic rings. The minimum atomic E-state index is -1.57. The summed E-state index contributed by atoms with van der Waals surface area (Å²) in [6.07, 6.45) is -0.365. The van der Waals surface area contributed by atoms with Crippen LogP contribution in [0, 0.1) is 11.8 Å². The van der Waals surface area contributed by atoms with Crippen molar-refractivity contribution < 1.29 is 43.8 Å². The summed E-state index contributed by atoms with van der Waals surface area (Å²) in [6, 6.07) is 1.05. The summed E-state index contributed by atoms with van der Waals surface area (Å²) < 4.78 is 0. The Kier molecular flexibility index (Phi) is 20.1. The van der Waals surface area contributed by atoms with E-state index in [-0.39, 0.29) is 56.4 Å². The fourth-order valence-electron chi connectivity index (χ4n) is 5.09. The molecule has 0 aliphatic heterocycles. The lowest BCUT2D eigenvalue weighted by Crippen LogP contribution is -2.60. The van der Waals surface area contributed by atoms with Crippen molar-refractivity contribution in [3.8, 4) is 0 Å². The molecule has 19 nitrogen and oxygen atoms in total. The van der Waals surface area contributed by atoms with Crippen molar-refractivity contribution >= 4 is 47.4 Å². The molecule has 19 heteroatoms. The molecule has 0 aliphatic carbocycles. The van der Waals surface area contributed by atoms with E-state index in [2.05, 4.69) is 31.6 Å². The van der Waals surface area contributed by atoms with Gasteiger partial charge in [0.25, 0.3) is 0 Å². The summed E-state index contributed by atoms with van der Waals surface area (Å²) in [4.78, 5) is 94.0. The molecule has 0 saturated carbocycles. The summed E-state index contributed by atoms with van der Waals surface area (Å²) >= 11 is 0. The zero-order valence-corrected chi connectivity index (χ0v) is 30.7. The number of benzene rings is 1. The van der Waals surface area contributed by atoms with E-state index in [0.717, 1.165) is 0 Å². The predicted octanol–water partition coefficient (Wildman–Crippen LogP) is -2.92. The molecule has 6 amide bonds. The van der Waals surface area contributed by atoms with E-state index >= 15 is 0 Å². The van der Waals surface area contributed by atoms with Crippen LogP contribution in [0.1, 0.15) is 65.4 Å². The number of nitrogens with zero attached hydrogens (tertiary/aromatic N) is 1. The zero-order chi connectivity index (χ0) is 40.2. The van der Waals surface area contributed by atoms with Gasteiger partial charge in [-0.1, -0.05) is 58.0 Å². The van der Waals surface area contributed by atoms with Crippen molar-refractivity contribution in [1.29, 1.82) is 0 Å². The lowest BCUT2D eigenvalue weighted by Gasteiger charge is -2.28. The molecule has 1 aromatic carbocycles. The summed E-state index contributed by atoms with van der Waals surface area (Å²) in [7, 11) is 0. The maximum Gasteiger partial charge on any atom is 0.305 e. The SMILES string of the molecule is CC(C)C[C@H](NC(=O)[C@H](CC(C)C)NC(=O)[C@H](Cc1ccccc1)NC(=O)[C@@H](N)CO)C(=O)N[C@@H](CCCN=C(N)N)C(=O)N[C@@H](CC(=O)O)C(N)=O. The number of carbonyl (C=O) groups is 7. The molecule has 296 valence electrons. The van der Waals surface area contributed by atoms with Crippen LogP contribution < -0.4 is 49.5 Å². The summed E-state index contributed by atoms with van der Waals surface area (Å²) in [5.41, 5.74) is 22.4. The van der Waals surface area contributed by atoms with Gasteiger partial charge in [0.2, 0.25) is 35.4 Å². The highest BCUT2D eigenvalue weighted by molar-refractivity contribution is 5.97. The highest BCUT2D eigenvalue weighted by Crippen LogP contribution is 2.12. The molecule has 0 saturated heterocycles. The van der Waals surface area contributed by atoms with Gasteiger partial charge in [-0.05, 0) is 43.1 Å². The Morgan fingerprint density at radius 2 is 1.13 bits per heavy atom. The minimum Gasteiger partial charge on any atom is -0.481 e. The second kappa shape index (κ2) is 23.3. The minimum absolute atomic E-state index is 0.0423. The van der Waals surface area contributed by atoms with Crippen LogP contribution in [-0.2, 0) is 40.0 Å². The van der Waals surface area contributed by atoms with Crippen LogP contribution in [0.5, 0.6) is 0 Å². The van der Waals surface area contributed by atoms with Crippen molar-refractivity contribution in [3.63, 3.8) is 0 Å². The number of hydrogen-bond acceptors (Lipinski definition) is 10. The average Bonchev–Trinajstić information content (AvgIpc) is 3.07. The number of guanidine groups is 1. The topological polar surface area (TPSA) is 337 Å². The van der Waals surface area contributed by atoms with Crippen molar-refractivity contribution in [2.75, 3.05) is 13.2 Å². The summed E-state index contributed by atoms with van der Waals surface area (Å²) in [5.74, 6) is -6.83. The van der Waals surface area contributed by atoms with Gasteiger partial charge in [-0.2, -0.15) is 0 Å². The second-order valence-electron chi connectivity index (χ2n) is 13.5. The third kappa shape index (κ3) is 18.2. The Bertz CT molecular complexity index is 1420. The standard InChI is InChI=1S/C34H56N10O9/c1-18(2)13-24(31(51)40-22(11-8-12-39-34(37)38)30(50)41-23(28(36)48)16-27(46)47)43-32(52)25(14-19(3)4)44-33(53)26(42-29(49)21(35)17-45)15-20-9-6-5-7-10-20/h5-7,9-10,18-19,21-26,45H,8,11-17,35H2,1-4H3,(H2,36,48)(H,40,51)(H,41,50)(H,42,49)(H,43,52)(H,44,53)(H,46,47)(H4,37,38,39)/t21-,22-,23-,24-,25-,26-/m0/s1. The Balaban J connectivity index is 3.33. The quantitative estimate of drug-likeness (QED) is 0.0288. The first-order valence-electron chi connectivity index (χ1n) is 17.3. The molecule has 0 heterocycles. The highest BCUT2D eigenvalue weighted by atomic mass is 16.4. The number of nitrogens with two attached hydrogens (primary N) is 4. The van der Waals surface area contributed by atoms with Crippen LogP contribution in [0.2, 0.25) is 0 Å². The largest absolute Gasteiger partial charge is 0.481 e. The van der Waals surface area contributed by atoms with E-state index in [1.807, 2.05) is 13.8 Å². The average molecular weight is 749 g/mol. The Morgan fingerprint density at radius 3 is 1.58 bits per heavy atom. The molecule has 0 fully saturated rings. The van der Waals surface area contributed by atoms with E-state index in [0.29, 0.717) is 5.56 Å². The first-order chi connectivity index (χ1) is 24.8. The van der Waals surface area contributed by atoms with Crippen molar-refractivity contribution in [2.45, 2.75) is 102 Å². The molecule has 0 radical (unpaired) electrons. The van der Waals surface area contributed by atoms with E-state index in [9.17, 15) is 38.7 Å². The summed E-state index contributed by atoms with van der Waals surface area (Å²) in [5, 5.41) is 31.2. The monoisotopic (exact) mass is 748 g/mol. The molecule has 0 unspecified atom stereocenters. The molecular formula is C34H56N10O9. The van der Waals surface area contributed by atoms with Gasteiger partial charge >= 0.3 is 5.97 Å². The molecule has 53 heavy (non-hydrogen) atoms. The van der Waals surface area contributed by atoms with Crippen molar-refractivity contribution in [3.05, 3.63) is 35.9 Å². The van der Waals surface area contributed by atoms with E-state index in [1.165, 1.54) is 0 Å². The second-order valence-corrected chi connectivity index (χ2v) is 13.5. The van der Waals surface area contributed by atoms with Gasteiger partial charge in [-0.25, -0.2) is 0 Å². The Hall–Kier alpha value is -5.30. The number of aliphatic carboxylic acids is 1. The molecule has 15 N–H and O–H groups in total. The Morgan fingerprint density at radius 1 is 0.679 bits per heavy atom. The van der Waals surface area contributed by atoms with E-state index < -0.39 is 90.7 Å². The highest BCUT2D eigenvalue weighted by Gasteiger charge is 2.33. The van der Waals surface area contributed by atoms with E-state index in [1.54, 1.807) is 44.2 Å². The Labute approximate surface area is 308 Å².